The van der Waals surface area contributed by atoms with Gasteiger partial charge in [-0.15, -0.1) is 0 Å². The van der Waals surface area contributed by atoms with Gasteiger partial charge < -0.3 is 4.74 Å². The SMILES string of the molecule is CCOc1nc(SCc2ccccc2)nc2c1CCC=C2. The molecule has 1 aromatic heterocycles. The fraction of sp³-hybridized carbons (Fsp3) is 0.294. The minimum atomic E-state index is 0.635. The quantitative estimate of drug-likeness (QED) is 0.614. The molecule has 3 nitrogen and oxygen atoms in total. The molecule has 21 heavy (non-hydrogen) atoms. The predicted octanol–water partition coefficient (Wildman–Crippen LogP) is 4.13. The largest absolute Gasteiger partial charge is 0.478 e. The minimum absolute atomic E-state index is 0.635. The maximum Gasteiger partial charge on any atom is 0.221 e. The Balaban J connectivity index is 1.82. The summed E-state index contributed by atoms with van der Waals surface area (Å²) in [6.45, 7) is 2.62. The maximum absolute atomic E-state index is 5.70. The number of hydrogen-bond donors (Lipinski definition) is 0. The molecule has 0 spiro atoms. The van der Waals surface area contributed by atoms with Crippen LogP contribution in [0.1, 0.15) is 30.2 Å². The second-order valence-corrected chi connectivity index (χ2v) is 5.77. The van der Waals surface area contributed by atoms with E-state index in [2.05, 4.69) is 46.4 Å². The van der Waals surface area contributed by atoms with Crippen molar-refractivity contribution in [3.05, 3.63) is 53.2 Å². The van der Waals surface area contributed by atoms with Crippen molar-refractivity contribution < 1.29 is 4.74 Å². The Morgan fingerprint density at radius 2 is 2.05 bits per heavy atom. The van der Waals surface area contributed by atoms with E-state index in [-0.39, 0.29) is 0 Å². The molecule has 3 rings (SSSR count). The highest BCUT2D eigenvalue weighted by atomic mass is 32.2. The predicted molar refractivity (Wildman–Crippen MR) is 86.6 cm³/mol. The summed E-state index contributed by atoms with van der Waals surface area (Å²) in [7, 11) is 0. The third-order valence-electron chi connectivity index (χ3n) is 3.31. The van der Waals surface area contributed by atoms with Gasteiger partial charge in [0.05, 0.1) is 12.3 Å². The summed E-state index contributed by atoms with van der Waals surface area (Å²) in [4.78, 5) is 9.24. The van der Waals surface area contributed by atoms with E-state index in [1.54, 1.807) is 11.8 Å². The van der Waals surface area contributed by atoms with Crippen LogP contribution in [0.25, 0.3) is 6.08 Å². The summed E-state index contributed by atoms with van der Waals surface area (Å²) in [5, 5.41) is 0.785. The van der Waals surface area contributed by atoms with Gasteiger partial charge >= 0.3 is 0 Å². The van der Waals surface area contributed by atoms with E-state index in [4.69, 9.17) is 4.74 Å². The van der Waals surface area contributed by atoms with E-state index in [1.807, 2.05) is 13.0 Å². The van der Waals surface area contributed by atoms with E-state index < -0.39 is 0 Å². The Morgan fingerprint density at radius 3 is 2.86 bits per heavy atom. The van der Waals surface area contributed by atoms with E-state index in [0.29, 0.717) is 6.61 Å². The lowest BCUT2D eigenvalue weighted by Gasteiger charge is -2.15. The molecule has 0 amide bonds. The van der Waals surface area contributed by atoms with Gasteiger partial charge in [-0.05, 0) is 31.4 Å². The summed E-state index contributed by atoms with van der Waals surface area (Å²) >= 11 is 1.65. The molecule has 2 aromatic rings. The molecule has 1 aliphatic rings. The smallest absolute Gasteiger partial charge is 0.221 e. The third kappa shape index (κ3) is 3.45. The molecule has 0 aliphatic heterocycles. The first-order valence-corrected chi connectivity index (χ1v) is 8.22. The second kappa shape index (κ2) is 6.76. The van der Waals surface area contributed by atoms with Crippen LogP contribution in [-0.2, 0) is 12.2 Å². The number of allylic oxidation sites excluding steroid dienone is 1. The van der Waals surface area contributed by atoms with E-state index in [0.717, 1.165) is 40.9 Å². The molecule has 4 heteroatoms. The standard InChI is InChI=1S/C17H18N2OS/c1-2-20-16-14-10-6-7-11-15(14)18-17(19-16)21-12-13-8-4-3-5-9-13/h3-5,7-9,11H,2,6,10,12H2,1H3. The van der Waals surface area contributed by atoms with Gasteiger partial charge in [-0.25, -0.2) is 4.98 Å². The fourth-order valence-electron chi connectivity index (χ4n) is 2.30. The molecular formula is C17H18N2OS. The molecule has 0 radical (unpaired) electrons. The van der Waals surface area contributed by atoms with Crippen LogP contribution in [-0.4, -0.2) is 16.6 Å². The van der Waals surface area contributed by atoms with Crippen LogP contribution < -0.4 is 4.74 Å². The molecule has 1 heterocycles. The van der Waals surface area contributed by atoms with Gasteiger partial charge in [0.1, 0.15) is 0 Å². The first-order valence-electron chi connectivity index (χ1n) is 7.24. The van der Waals surface area contributed by atoms with Gasteiger partial charge in [0.15, 0.2) is 5.16 Å². The van der Waals surface area contributed by atoms with Gasteiger partial charge in [0.25, 0.3) is 0 Å². The summed E-state index contributed by atoms with van der Waals surface area (Å²) in [6, 6.07) is 10.4. The number of thioether (sulfide) groups is 1. The molecule has 0 bridgehead atoms. The van der Waals surface area contributed by atoms with Gasteiger partial charge in [0, 0.05) is 11.3 Å². The molecule has 0 fully saturated rings. The van der Waals surface area contributed by atoms with Crippen LogP contribution in [0.5, 0.6) is 5.88 Å². The van der Waals surface area contributed by atoms with Crippen LogP contribution >= 0.6 is 11.8 Å². The zero-order chi connectivity index (χ0) is 14.5. The van der Waals surface area contributed by atoms with Crippen LogP contribution in [0, 0.1) is 0 Å². The Morgan fingerprint density at radius 1 is 1.19 bits per heavy atom. The fourth-order valence-corrected chi connectivity index (χ4v) is 3.10. The molecule has 0 N–H and O–H groups in total. The molecule has 1 aromatic carbocycles. The first kappa shape index (κ1) is 14.1. The molecule has 0 saturated carbocycles. The zero-order valence-electron chi connectivity index (χ0n) is 12.1. The van der Waals surface area contributed by atoms with Crippen LogP contribution in [0.4, 0.5) is 0 Å². The zero-order valence-corrected chi connectivity index (χ0v) is 12.9. The van der Waals surface area contributed by atoms with Crippen molar-refractivity contribution in [2.75, 3.05) is 6.61 Å². The molecule has 1 aliphatic carbocycles. The average molecular weight is 298 g/mol. The topological polar surface area (TPSA) is 35.0 Å². The van der Waals surface area contributed by atoms with Crippen LogP contribution in [0.3, 0.4) is 0 Å². The highest BCUT2D eigenvalue weighted by Gasteiger charge is 2.16. The number of nitrogens with zero attached hydrogens (tertiary/aromatic N) is 2. The number of fused-ring (bicyclic) bond motifs is 1. The second-order valence-electron chi connectivity index (χ2n) is 4.82. The number of rotatable bonds is 5. The Hall–Kier alpha value is -1.81. The molecule has 0 atom stereocenters. The van der Waals surface area contributed by atoms with Crippen molar-refractivity contribution in [1.82, 2.24) is 9.97 Å². The molecule has 0 saturated heterocycles. The molecular weight excluding hydrogens is 280 g/mol. The van der Waals surface area contributed by atoms with Crippen molar-refractivity contribution in [1.29, 1.82) is 0 Å². The van der Waals surface area contributed by atoms with E-state index >= 15 is 0 Å². The maximum atomic E-state index is 5.70. The average Bonchev–Trinajstić information content (AvgIpc) is 2.54. The van der Waals surface area contributed by atoms with Crippen molar-refractivity contribution >= 4 is 17.8 Å². The third-order valence-corrected chi connectivity index (χ3v) is 4.23. The van der Waals surface area contributed by atoms with Crippen molar-refractivity contribution in [3.63, 3.8) is 0 Å². The molecule has 108 valence electrons. The van der Waals surface area contributed by atoms with Crippen molar-refractivity contribution in [2.45, 2.75) is 30.7 Å². The van der Waals surface area contributed by atoms with Gasteiger partial charge in [0.2, 0.25) is 5.88 Å². The highest BCUT2D eigenvalue weighted by molar-refractivity contribution is 7.98. The summed E-state index contributed by atoms with van der Waals surface area (Å²) in [5.41, 5.74) is 3.43. The summed E-state index contributed by atoms with van der Waals surface area (Å²) in [6.07, 6.45) is 6.24. The lowest BCUT2D eigenvalue weighted by Crippen LogP contribution is -2.07. The lowest BCUT2D eigenvalue weighted by atomic mass is 10.0. The Bertz CT molecular complexity index is 641. The van der Waals surface area contributed by atoms with Crippen LogP contribution in [0.2, 0.25) is 0 Å². The van der Waals surface area contributed by atoms with E-state index in [1.165, 1.54) is 5.56 Å². The summed E-state index contributed by atoms with van der Waals surface area (Å²) < 4.78 is 5.70. The van der Waals surface area contributed by atoms with Gasteiger partial charge in [-0.1, -0.05) is 48.2 Å². The minimum Gasteiger partial charge on any atom is -0.478 e. The lowest BCUT2D eigenvalue weighted by molar-refractivity contribution is 0.318. The first-order chi connectivity index (χ1) is 10.4. The monoisotopic (exact) mass is 298 g/mol. The van der Waals surface area contributed by atoms with Crippen molar-refractivity contribution in [2.24, 2.45) is 0 Å². The number of hydrogen-bond acceptors (Lipinski definition) is 4. The number of benzene rings is 1. The number of aromatic nitrogens is 2. The highest BCUT2D eigenvalue weighted by Crippen LogP contribution is 2.29. The Kier molecular flexibility index (Phi) is 4.55. The summed E-state index contributed by atoms with van der Waals surface area (Å²) in [5.74, 6) is 1.62. The van der Waals surface area contributed by atoms with Gasteiger partial charge in [-0.3, -0.25) is 0 Å². The van der Waals surface area contributed by atoms with Crippen LogP contribution in [0.15, 0.2) is 41.6 Å². The molecule has 0 unspecified atom stereocenters. The number of ether oxygens (including phenoxy) is 1. The normalized spacial score (nSPS) is 13.0. The Labute approximate surface area is 129 Å². The van der Waals surface area contributed by atoms with Crippen molar-refractivity contribution in [3.8, 4) is 5.88 Å². The van der Waals surface area contributed by atoms with E-state index in [9.17, 15) is 0 Å². The van der Waals surface area contributed by atoms with Gasteiger partial charge in [-0.2, -0.15) is 4.98 Å².